The molecule has 1 rings (SSSR count). The van der Waals surface area contributed by atoms with Gasteiger partial charge in [-0.2, -0.15) is 0 Å². The minimum atomic E-state index is -0.376. The Morgan fingerprint density at radius 3 is 2.72 bits per heavy atom. The Hall–Kier alpha value is -0.610. The van der Waals surface area contributed by atoms with Crippen LogP contribution in [-0.2, 0) is 9.53 Å². The second-order valence-corrected chi connectivity index (χ2v) is 5.52. The van der Waals surface area contributed by atoms with Crippen LogP contribution < -0.4 is 5.73 Å². The quantitative estimate of drug-likeness (QED) is 0.737. The fraction of sp³-hybridized carbons (Fsp3) is 0.929. The molecule has 3 unspecified atom stereocenters. The molecule has 1 amide bonds. The number of carbonyl (C=O) groups excluding carboxylic acids is 1. The minimum Gasteiger partial charge on any atom is -0.385 e. The summed E-state index contributed by atoms with van der Waals surface area (Å²) < 4.78 is 4.99. The summed E-state index contributed by atoms with van der Waals surface area (Å²) in [5.74, 6) is 0.684. The fourth-order valence-corrected chi connectivity index (χ4v) is 2.87. The molecule has 1 fully saturated rings. The summed E-state index contributed by atoms with van der Waals surface area (Å²) >= 11 is 0. The number of carbonyl (C=O) groups is 1. The van der Waals surface area contributed by atoms with Crippen LogP contribution in [0.15, 0.2) is 0 Å². The highest BCUT2D eigenvalue weighted by Crippen LogP contribution is 2.27. The molecular weight excluding hydrogens is 228 g/mol. The smallest absolute Gasteiger partial charge is 0.239 e. The molecule has 0 aliphatic heterocycles. The molecule has 0 radical (unpaired) electrons. The van der Waals surface area contributed by atoms with E-state index in [1.165, 1.54) is 19.3 Å². The zero-order valence-electron chi connectivity index (χ0n) is 12.0. The van der Waals surface area contributed by atoms with Crippen molar-refractivity contribution in [2.45, 2.75) is 57.5 Å². The Labute approximate surface area is 111 Å². The van der Waals surface area contributed by atoms with Gasteiger partial charge in [-0.05, 0) is 31.6 Å². The molecule has 106 valence electrons. The molecule has 3 atom stereocenters. The van der Waals surface area contributed by atoms with Crippen LogP contribution in [0, 0.1) is 5.92 Å². The Kier molecular flexibility index (Phi) is 6.65. The van der Waals surface area contributed by atoms with Crippen molar-refractivity contribution in [3.05, 3.63) is 0 Å². The lowest BCUT2D eigenvalue weighted by molar-refractivity contribution is -0.135. The van der Waals surface area contributed by atoms with Crippen LogP contribution in [-0.4, -0.2) is 43.7 Å². The average Bonchev–Trinajstić information content (AvgIpc) is 2.38. The molecular formula is C14H28N2O2. The van der Waals surface area contributed by atoms with Crippen molar-refractivity contribution in [2.24, 2.45) is 11.7 Å². The summed E-state index contributed by atoms with van der Waals surface area (Å²) in [6.07, 6.45) is 6.41. The first-order valence-corrected chi connectivity index (χ1v) is 7.09. The van der Waals surface area contributed by atoms with E-state index in [1.807, 2.05) is 11.9 Å². The molecule has 0 aromatic heterocycles. The van der Waals surface area contributed by atoms with Gasteiger partial charge in [0.25, 0.3) is 0 Å². The third-order valence-electron chi connectivity index (χ3n) is 4.09. The SMILES string of the molecule is COCCCC(N)C(=O)N(C)C1CCCCC1C. The van der Waals surface area contributed by atoms with Crippen LogP contribution in [0.1, 0.15) is 45.4 Å². The van der Waals surface area contributed by atoms with Crippen LogP contribution in [0.2, 0.25) is 0 Å². The van der Waals surface area contributed by atoms with Gasteiger partial charge in [-0.15, -0.1) is 0 Å². The van der Waals surface area contributed by atoms with Crippen molar-refractivity contribution >= 4 is 5.91 Å². The zero-order valence-corrected chi connectivity index (χ0v) is 12.0. The van der Waals surface area contributed by atoms with Gasteiger partial charge in [0.15, 0.2) is 0 Å². The van der Waals surface area contributed by atoms with Gasteiger partial charge in [-0.25, -0.2) is 0 Å². The first-order valence-electron chi connectivity index (χ1n) is 7.09. The van der Waals surface area contributed by atoms with E-state index in [2.05, 4.69) is 6.92 Å². The normalized spacial score (nSPS) is 25.8. The van der Waals surface area contributed by atoms with Gasteiger partial charge in [-0.1, -0.05) is 19.8 Å². The lowest BCUT2D eigenvalue weighted by Gasteiger charge is -2.37. The molecule has 2 N–H and O–H groups in total. The van der Waals surface area contributed by atoms with Crippen molar-refractivity contribution in [2.75, 3.05) is 20.8 Å². The lowest BCUT2D eigenvalue weighted by Crippen LogP contribution is -2.49. The van der Waals surface area contributed by atoms with Gasteiger partial charge >= 0.3 is 0 Å². The Morgan fingerprint density at radius 1 is 1.44 bits per heavy atom. The van der Waals surface area contributed by atoms with Crippen molar-refractivity contribution in [1.29, 1.82) is 0 Å². The summed E-state index contributed by atoms with van der Waals surface area (Å²) in [5.41, 5.74) is 5.96. The van der Waals surface area contributed by atoms with Gasteiger partial charge in [0.2, 0.25) is 5.91 Å². The number of nitrogens with zero attached hydrogens (tertiary/aromatic N) is 1. The molecule has 1 saturated carbocycles. The number of amides is 1. The van der Waals surface area contributed by atoms with Crippen molar-refractivity contribution in [3.63, 3.8) is 0 Å². The summed E-state index contributed by atoms with van der Waals surface area (Å²) in [4.78, 5) is 14.1. The van der Waals surface area contributed by atoms with Gasteiger partial charge in [0, 0.05) is 26.8 Å². The van der Waals surface area contributed by atoms with Gasteiger partial charge < -0.3 is 15.4 Å². The Morgan fingerprint density at radius 2 is 2.11 bits per heavy atom. The number of ether oxygens (including phenoxy) is 1. The molecule has 0 saturated heterocycles. The highest BCUT2D eigenvalue weighted by atomic mass is 16.5. The van der Waals surface area contributed by atoms with Gasteiger partial charge in [0.1, 0.15) is 0 Å². The van der Waals surface area contributed by atoms with E-state index in [0.29, 0.717) is 25.0 Å². The summed E-state index contributed by atoms with van der Waals surface area (Å²) in [5, 5.41) is 0. The van der Waals surface area contributed by atoms with E-state index in [1.54, 1.807) is 7.11 Å². The molecule has 1 aliphatic rings. The van der Waals surface area contributed by atoms with Crippen LogP contribution in [0.5, 0.6) is 0 Å². The van der Waals surface area contributed by atoms with E-state index in [9.17, 15) is 4.79 Å². The number of hydrogen-bond acceptors (Lipinski definition) is 3. The third kappa shape index (κ3) is 4.25. The highest BCUT2D eigenvalue weighted by molar-refractivity contribution is 5.81. The number of likely N-dealkylation sites (N-methyl/N-ethyl adjacent to an activating group) is 1. The average molecular weight is 256 g/mol. The molecule has 1 aliphatic carbocycles. The predicted molar refractivity (Wildman–Crippen MR) is 73.3 cm³/mol. The van der Waals surface area contributed by atoms with E-state index < -0.39 is 0 Å². The Balaban J connectivity index is 2.43. The number of nitrogens with two attached hydrogens (primary N) is 1. The number of rotatable bonds is 6. The van der Waals surface area contributed by atoms with Crippen molar-refractivity contribution < 1.29 is 9.53 Å². The monoisotopic (exact) mass is 256 g/mol. The lowest BCUT2D eigenvalue weighted by atomic mass is 9.85. The zero-order chi connectivity index (χ0) is 13.5. The van der Waals surface area contributed by atoms with Crippen LogP contribution in [0.4, 0.5) is 0 Å². The summed E-state index contributed by atoms with van der Waals surface area (Å²) in [6.45, 7) is 2.91. The van der Waals surface area contributed by atoms with Crippen LogP contribution in [0.25, 0.3) is 0 Å². The third-order valence-corrected chi connectivity index (χ3v) is 4.09. The first kappa shape index (κ1) is 15.4. The van der Waals surface area contributed by atoms with E-state index in [-0.39, 0.29) is 11.9 Å². The largest absolute Gasteiger partial charge is 0.385 e. The maximum Gasteiger partial charge on any atom is 0.239 e. The first-order chi connectivity index (χ1) is 8.57. The molecule has 18 heavy (non-hydrogen) atoms. The Bertz CT molecular complexity index is 258. The number of hydrogen-bond donors (Lipinski definition) is 1. The van der Waals surface area contributed by atoms with Crippen molar-refractivity contribution in [1.82, 2.24) is 4.90 Å². The maximum atomic E-state index is 12.2. The molecule has 0 bridgehead atoms. The maximum absolute atomic E-state index is 12.2. The predicted octanol–water partition coefficient (Wildman–Crippen LogP) is 1.78. The van der Waals surface area contributed by atoms with Crippen LogP contribution >= 0.6 is 0 Å². The van der Waals surface area contributed by atoms with E-state index in [0.717, 1.165) is 12.8 Å². The second kappa shape index (κ2) is 7.74. The van der Waals surface area contributed by atoms with Crippen LogP contribution in [0.3, 0.4) is 0 Å². The molecule has 0 spiro atoms. The van der Waals surface area contributed by atoms with Gasteiger partial charge in [-0.3, -0.25) is 4.79 Å². The minimum absolute atomic E-state index is 0.0878. The standard InChI is InChI=1S/C14H28N2O2/c1-11-7-4-5-9-13(11)16(2)14(17)12(15)8-6-10-18-3/h11-13H,4-10,15H2,1-3H3. The molecule has 0 aromatic rings. The van der Waals surface area contributed by atoms with Gasteiger partial charge in [0.05, 0.1) is 6.04 Å². The highest BCUT2D eigenvalue weighted by Gasteiger charge is 2.29. The van der Waals surface area contributed by atoms with Crippen molar-refractivity contribution in [3.8, 4) is 0 Å². The topological polar surface area (TPSA) is 55.6 Å². The summed E-state index contributed by atoms with van der Waals surface area (Å²) in [6, 6.07) is -0.000924. The molecule has 4 nitrogen and oxygen atoms in total. The second-order valence-electron chi connectivity index (χ2n) is 5.52. The molecule has 4 heteroatoms. The van der Waals surface area contributed by atoms with E-state index >= 15 is 0 Å². The summed E-state index contributed by atoms with van der Waals surface area (Å²) in [7, 11) is 3.58. The number of methoxy groups -OCH3 is 1. The van der Waals surface area contributed by atoms with E-state index in [4.69, 9.17) is 10.5 Å². The molecule has 0 heterocycles. The molecule has 0 aromatic carbocycles. The fourth-order valence-electron chi connectivity index (χ4n) is 2.87.